The maximum absolute atomic E-state index is 10.8. The summed E-state index contributed by atoms with van der Waals surface area (Å²) in [5, 5.41) is 13.1. The van der Waals surface area contributed by atoms with E-state index in [1.54, 1.807) is 16.6 Å². The van der Waals surface area contributed by atoms with Gasteiger partial charge in [-0.1, -0.05) is 6.92 Å². The Labute approximate surface area is 86.4 Å². The first kappa shape index (κ1) is 9.64. The van der Waals surface area contributed by atoms with Crippen molar-refractivity contribution < 1.29 is 9.90 Å². The van der Waals surface area contributed by atoms with Gasteiger partial charge < -0.3 is 5.11 Å². The summed E-state index contributed by atoms with van der Waals surface area (Å²) in [4.78, 5) is 14.8. The van der Waals surface area contributed by atoms with Crippen LogP contribution in [-0.2, 0) is 6.42 Å². The lowest BCUT2D eigenvalue weighted by molar-refractivity contribution is 0.0690. The minimum absolute atomic E-state index is 0.0688. The van der Waals surface area contributed by atoms with Crippen molar-refractivity contribution in [3.8, 4) is 0 Å². The average molecular weight is 205 g/mol. The molecule has 0 aliphatic heterocycles. The van der Waals surface area contributed by atoms with Gasteiger partial charge in [0.05, 0.1) is 5.69 Å². The fourth-order valence-corrected chi connectivity index (χ4v) is 1.51. The minimum atomic E-state index is -1.01. The molecule has 2 aromatic heterocycles. The predicted molar refractivity (Wildman–Crippen MR) is 54.1 cm³/mol. The SMILES string of the molecule is CCc1cc(C(=O)O)nc2cc(C)nn12. The summed E-state index contributed by atoms with van der Waals surface area (Å²) < 4.78 is 1.68. The van der Waals surface area contributed by atoms with E-state index in [4.69, 9.17) is 5.11 Å². The van der Waals surface area contributed by atoms with Crippen molar-refractivity contribution in [1.29, 1.82) is 0 Å². The van der Waals surface area contributed by atoms with Gasteiger partial charge >= 0.3 is 5.97 Å². The van der Waals surface area contributed by atoms with E-state index in [1.165, 1.54) is 0 Å². The molecule has 0 amide bonds. The first-order valence-electron chi connectivity index (χ1n) is 4.71. The highest BCUT2D eigenvalue weighted by Gasteiger charge is 2.10. The number of nitrogens with zero attached hydrogens (tertiary/aromatic N) is 3. The van der Waals surface area contributed by atoms with Gasteiger partial charge in [-0.3, -0.25) is 0 Å². The molecule has 0 aliphatic carbocycles. The number of carboxylic acids is 1. The topological polar surface area (TPSA) is 67.5 Å². The van der Waals surface area contributed by atoms with Crippen LogP contribution in [0, 0.1) is 6.92 Å². The summed E-state index contributed by atoms with van der Waals surface area (Å²) in [5.41, 5.74) is 2.34. The highest BCUT2D eigenvalue weighted by Crippen LogP contribution is 2.10. The molecule has 0 saturated heterocycles. The largest absolute Gasteiger partial charge is 0.477 e. The number of aromatic carboxylic acids is 1. The van der Waals surface area contributed by atoms with Crippen LogP contribution in [-0.4, -0.2) is 25.7 Å². The summed E-state index contributed by atoms with van der Waals surface area (Å²) in [7, 11) is 0. The molecule has 2 aromatic rings. The average Bonchev–Trinajstić information content (AvgIpc) is 2.56. The molecule has 78 valence electrons. The number of aryl methyl sites for hydroxylation is 2. The third kappa shape index (κ3) is 1.56. The maximum Gasteiger partial charge on any atom is 0.354 e. The summed E-state index contributed by atoms with van der Waals surface area (Å²) in [5.74, 6) is -1.01. The van der Waals surface area contributed by atoms with Gasteiger partial charge in [-0.25, -0.2) is 14.3 Å². The zero-order valence-electron chi connectivity index (χ0n) is 8.56. The predicted octanol–water partition coefficient (Wildman–Crippen LogP) is 1.30. The van der Waals surface area contributed by atoms with Gasteiger partial charge in [-0.15, -0.1) is 0 Å². The third-order valence-electron chi connectivity index (χ3n) is 2.20. The van der Waals surface area contributed by atoms with Crippen molar-refractivity contribution in [2.75, 3.05) is 0 Å². The van der Waals surface area contributed by atoms with Crippen LogP contribution in [0.1, 0.15) is 28.8 Å². The standard InChI is InChI=1S/C10H11N3O2/c1-3-7-5-8(10(14)15)11-9-4-6(2)12-13(7)9/h4-5H,3H2,1-2H3,(H,14,15). The Hall–Kier alpha value is -1.91. The lowest BCUT2D eigenvalue weighted by Crippen LogP contribution is -2.06. The number of carboxylic acid groups (broad SMARTS) is 1. The van der Waals surface area contributed by atoms with E-state index >= 15 is 0 Å². The summed E-state index contributed by atoms with van der Waals surface area (Å²) >= 11 is 0. The monoisotopic (exact) mass is 205 g/mol. The van der Waals surface area contributed by atoms with Crippen molar-refractivity contribution in [3.05, 3.63) is 29.2 Å². The Morgan fingerprint density at radius 3 is 2.87 bits per heavy atom. The molecule has 0 spiro atoms. The van der Waals surface area contributed by atoms with Crippen molar-refractivity contribution in [1.82, 2.24) is 14.6 Å². The first-order chi connectivity index (χ1) is 7.11. The van der Waals surface area contributed by atoms with Crippen molar-refractivity contribution in [2.45, 2.75) is 20.3 Å². The molecule has 1 N–H and O–H groups in total. The molecule has 2 heterocycles. The van der Waals surface area contributed by atoms with Crippen molar-refractivity contribution in [3.63, 3.8) is 0 Å². The van der Waals surface area contributed by atoms with Gasteiger partial charge in [0, 0.05) is 11.8 Å². The van der Waals surface area contributed by atoms with E-state index in [0.29, 0.717) is 5.65 Å². The number of aromatic nitrogens is 3. The highest BCUT2D eigenvalue weighted by molar-refractivity contribution is 5.86. The van der Waals surface area contributed by atoms with Gasteiger partial charge in [-0.05, 0) is 19.4 Å². The fraction of sp³-hybridized carbons (Fsp3) is 0.300. The Bertz CT molecular complexity index is 531. The van der Waals surface area contributed by atoms with Crippen molar-refractivity contribution in [2.24, 2.45) is 0 Å². The van der Waals surface area contributed by atoms with Gasteiger partial charge in [0.25, 0.3) is 0 Å². The van der Waals surface area contributed by atoms with Gasteiger partial charge in [0.15, 0.2) is 11.3 Å². The van der Waals surface area contributed by atoms with Crippen LogP contribution in [0.3, 0.4) is 0 Å². The van der Waals surface area contributed by atoms with Crippen LogP contribution in [0.5, 0.6) is 0 Å². The Balaban J connectivity index is 2.76. The van der Waals surface area contributed by atoms with E-state index in [2.05, 4.69) is 10.1 Å². The van der Waals surface area contributed by atoms with E-state index < -0.39 is 5.97 Å². The van der Waals surface area contributed by atoms with Crippen LogP contribution >= 0.6 is 0 Å². The number of rotatable bonds is 2. The molecule has 0 bridgehead atoms. The molecule has 5 nitrogen and oxygen atoms in total. The molecule has 0 radical (unpaired) electrons. The normalized spacial score (nSPS) is 10.8. The Morgan fingerprint density at radius 1 is 1.53 bits per heavy atom. The van der Waals surface area contributed by atoms with E-state index in [9.17, 15) is 4.79 Å². The number of fused-ring (bicyclic) bond motifs is 1. The smallest absolute Gasteiger partial charge is 0.354 e. The molecule has 0 fully saturated rings. The van der Waals surface area contributed by atoms with Gasteiger partial charge in [0.2, 0.25) is 0 Å². The molecule has 5 heteroatoms. The molecule has 2 rings (SSSR count). The molecule has 15 heavy (non-hydrogen) atoms. The Kier molecular flexibility index (Phi) is 2.15. The summed E-state index contributed by atoms with van der Waals surface area (Å²) in [6, 6.07) is 3.33. The fourth-order valence-electron chi connectivity index (χ4n) is 1.51. The lowest BCUT2D eigenvalue weighted by Gasteiger charge is -2.02. The molecule has 0 aromatic carbocycles. The number of hydrogen-bond acceptors (Lipinski definition) is 3. The molecule has 0 aliphatic rings. The van der Waals surface area contributed by atoms with E-state index in [-0.39, 0.29) is 5.69 Å². The molecular weight excluding hydrogens is 194 g/mol. The van der Waals surface area contributed by atoms with Crippen LogP contribution in [0.25, 0.3) is 5.65 Å². The second kappa shape index (κ2) is 3.34. The molecule has 0 unspecified atom stereocenters. The zero-order chi connectivity index (χ0) is 11.0. The van der Waals surface area contributed by atoms with Crippen molar-refractivity contribution >= 4 is 11.6 Å². The molecule has 0 atom stereocenters. The second-order valence-corrected chi connectivity index (χ2v) is 3.35. The number of hydrogen-bond donors (Lipinski definition) is 1. The van der Waals surface area contributed by atoms with Gasteiger partial charge in [-0.2, -0.15) is 5.10 Å². The maximum atomic E-state index is 10.8. The van der Waals surface area contributed by atoms with Crippen LogP contribution in [0.15, 0.2) is 12.1 Å². The number of carbonyl (C=O) groups is 1. The summed E-state index contributed by atoms with van der Waals surface area (Å²) in [6.07, 6.45) is 0.723. The second-order valence-electron chi connectivity index (χ2n) is 3.35. The van der Waals surface area contributed by atoms with E-state index in [1.807, 2.05) is 13.8 Å². The van der Waals surface area contributed by atoms with Crippen LogP contribution < -0.4 is 0 Å². The lowest BCUT2D eigenvalue weighted by atomic mass is 10.2. The Morgan fingerprint density at radius 2 is 2.27 bits per heavy atom. The van der Waals surface area contributed by atoms with Crippen LogP contribution in [0.2, 0.25) is 0 Å². The molecule has 0 saturated carbocycles. The third-order valence-corrected chi connectivity index (χ3v) is 2.20. The van der Waals surface area contributed by atoms with E-state index in [0.717, 1.165) is 17.8 Å². The minimum Gasteiger partial charge on any atom is -0.477 e. The summed E-state index contributed by atoms with van der Waals surface area (Å²) in [6.45, 7) is 3.81. The molecular formula is C10H11N3O2. The van der Waals surface area contributed by atoms with Gasteiger partial charge in [0.1, 0.15) is 0 Å². The zero-order valence-corrected chi connectivity index (χ0v) is 8.56. The quantitative estimate of drug-likeness (QED) is 0.802. The van der Waals surface area contributed by atoms with Crippen LogP contribution in [0.4, 0.5) is 0 Å². The highest BCUT2D eigenvalue weighted by atomic mass is 16.4. The first-order valence-corrected chi connectivity index (χ1v) is 4.71.